The lowest BCUT2D eigenvalue weighted by molar-refractivity contribution is 0.227. The lowest BCUT2D eigenvalue weighted by atomic mass is 9.78. The molecule has 0 spiro atoms. The number of para-hydroxylation sites is 1. The van der Waals surface area contributed by atoms with E-state index in [1.54, 1.807) is 0 Å². The lowest BCUT2D eigenvalue weighted by Gasteiger charge is -2.34. The molecular formula is C16H22N2S. The molecule has 1 fully saturated rings. The Labute approximate surface area is 119 Å². The standard InChI is InChI=1S/C16H22N2S/c1-2-10-17-14(12-6-5-7-12)11-16-18-13-8-3-4-9-15(13)19-16/h3-4,8-9,12,14,17H,2,5-7,10-11H2,1H3. The van der Waals surface area contributed by atoms with Crippen molar-refractivity contribution in [2.45, 2.75) is 45.1 Å². The largest absolute Gasteiger partial charge is 0.313 e. The van der Waals surface area contributed by atoms with Gasteiger partial charge >= 0.3 is 0 Å². The maximum atomic E-state index is 4.78. The fourth-order valence-corrected chi connectivity index (χ4v) is 3.80. The summed E-state index contributed by atoms with van der Waals surface area (Å²) in [7, 11) is 0. The molecule has 0 bridgehead atoms. The van der Waals surface area contributed by atoms with Gasteiger partial charge in [0.2, 0.25) is 0 Å². The Morgan fingerprint density at radius 3 is 2.89 bits per heavy atom. The summed E-state index contributed by atoms with van der Waals surface area (Å²) in [6.07, 6.45) is 6.51. The molecule has 0 radical (unpaired) electrons. The molecule has 1 aromatic heterocycles. The van der Waals surface area contributed by atoms with E-state index in [0.717, 1.165) is 24.4 Å². The Balaban J connectivity index is 1.72. The van der Waals surface area contributed by atoms with Crippen LogP contribution in [0.5, 0.6) is 0 Å². The molecule has 102 valence electrons. The number of benzene rings is 1. The molecule has 1 N–H and O–H groups in total. The maximum absolute atomic E-state index is 4.78. The average molecular weight is 274 g/mol. The van der Waals surface area contributed by atoms with E-state index < -0.39 is 0 Å². The molecule has 0 aliphatic heterocycles. The third kappa shape index (κ3) is 2.98. The van der Waals surface area contributed by atoms with Crippen molar-refractivity contribution in [1.82, 2.24) is 10.3 Å². The van der Waals surface area contributed by atoms with Crippen LogP contribution in [0.4, 0.5) is 0 Å². The lowest BCUT2D eigenvalue weighted by Crippen LogP contribution is -2.41. The van der Waals surface area contributed by atoms with E-state index in [1.807, 2.05) is 11.3 Å². The molecule has 3 heteroatoms. The minimum Gasteiger partial charge on any atom is -0.313 e. The zero-order valence-corrected chi connectivity index (χ0v) is 12.4. The molecule has 1 unspecified atom stereocenters. The summed E-state index contributed by atoms with van der Waals surface area (Å²) in [4.78, 5) is 4.78. The highest BCUT2D eigenvalue weighted by Crippen LogP contribution is 2.32. The van der Waals surface area contributed by atoms with E-state index >= 15 is 0 Å². The number of nitrogens with one attached hydrogen (secondary N) is 1. The van der Waals surface area contributed by atoms with Crippen LogP contribution in [0.15, 0.2) is 24.3 Å². The van der Waals surface area contributed by atoms with Crippen LogP contribution in [-0.4, -0.2) is 17.6 Å². The predicted octanol–water partition coefficient (Wildman–Crippen LogP) is 4.01. The third-order valence-electron chi connectivity index (χ3n) is 4.11. The van der Waals surface area contributed by atoms with Crippen molar-refractivity contribution in [3.63, 3.8) is 0 Å². The summed E-state index contributed by atoms with van der Waals surface area (Å²) in [5.74, 6) is 0.874. The van der Waals surface area contributed by atoms with E-state index in [-0.39, 0.29) is 0 Å². The molecular weight excluding hydrogens is 252 g/mol. The number of hydrogen-bond acceptors (Lipinski definition) is 3. The van der Waals surface area contributed by atoms with Gasteiger partial charge in [-0.2, -0.15) is 0 Å². The summed E-state index contributed by atoms with van der Waals surface area (Å²) < 4.78 is 1.32. The van der Waals surface area contributed by atoms with E-state index in [4.69, 9.17) is 4.98 Å². The molecule has 0 saturated heterocycles. The minimum absolute atomic E-state index is 0.634. The number of hydrogen-bond donors (Lipinski definition) is 1. The van der Waals surface area contributed by atoms with Gasteiger partial charge in [-0.1, -0.05) is 25.5 Å². The second kappa shape index (κ2) is 6.02. The zero-order chi connectivity index (χ0) is 13.1. The summed E-state index contributed by atoms with van der Waals surface area (Å²) in [6.45, 7) is 3.37. The van der Waals surface area contributed by atoms with Crippen LogP contribution < -0.4 is 5.32 Å². The van der Waals surface area contributed by atoms with E-state index in [1.165, 1.54) is 35.4 Å². The highest BCUT2D eigenvalue weighted by Gasteiger charge is 2.27. The Morgan fingerprint density at radius 2 is 2.21 bits per heavy atom. The van der Waals surface area contributed by atoms with Gasteiger partial charge < -0.3 is 5.32 Å². The molecule has 3 rings (SSSR count). The van der Waals surface area contributed by atoms with Gasteiger partial charge in [0, 0.05) is 12.5 Å². The van der Waals surface area contributed by atoms with Crippen molar-refractivity contribution in [2.75, 3.05) is 6.54 Å². The van der Waals surface area contributed by atoms with E-state index in [0.29, 0.717) is 6.04 Å². The van der Waals surface area contributed by atoms with Gasteiger partial charge in [0.15, 0.2) is 0 Å². The van der Waals surface area contributed by atoms with Gasteiger partial charge in [-0.15, -0.1) is 11.3 Å². The van der Waals surface area contributed by atoms with E-state index in [2.05, 4.69) is 36.5 Å². The quantitative estimate of drug-likeness (QED) is 0.861. The SMILES string of the molecule is CCCNC(Cc1nc2ccccc2s1)C1CCC1. The van der Waals surface area contributed by atoms with Gasteiger partial charge in [-0.3, -0.25) is 0 Å². The molecule has 0 amide bonds. The molecule has 1 heterocycles. The monoisotopic (exact) mass is 274 g/mol. The summed E-state index contributed by atoms with van der Waals surface area (Å²) in [5.41, 5.74) is 1.16. The minimum atomic E-state index is 0.634. The van der Waals surface area contributed by atoms with Crippen LogP contribution in [-0.2, 0) is 6.42 Å². The second-order valence-corrected chi connectivity index (χ2v) is 6.65. The number of rotatable bonds is 6. The van der Waals surface area contributed by atoms with Gasteiger partial charge in [0.25, 0.3) is 0 Å². The summed E-state index contributed by atoms with van der Waals surface area (Å²) in [5, 5.41) is 5.02. The van der Waals surface area contributed by atoms with Gasteiger partial charge in [-0.25, -0.2) is 4.98 Å². The van der Waals surface area contributed by atoms with Crippen molar-refractivity contribution in [1.29, 1.82) is 0 Å². The van der Waals surface area contributed by atoms with Crippen LogP contribution in [0.1, 0.15) is 37.6 Å². The Morgan fingerprint density at radius 1 is 1.37 bits per heavy atom. The fourth-order valence-electron chi connectivity index (χ4n) is 2.77. The normalized spacial score (nSPS) is 17.5. The molecule has 1 aliphatic carbocycles. The number of thiazole rings is 1. The average Bonchev–Trinajstić information content (AvgIpc) is 2.76. The topological polar surface area (TPSA) is 24.9 Å². The molecule has 1 aliphatic rings. The Kier molecular flexibility index (Phi) is 4.14. The first-order chi connectivity index (χ1) is 9.36. The van der Waals surface area contributed by atoms with Gasteiger partial charge in [-0.05, 0) is 43.9 Å². The van der Waals surface area contributed by atoms with Crippen molar-refractivity contribution in [3.8, 4) is 0 Å². The highest BCUT2D eigenvalue weighted by atomic mass is 32.1. The van der Waals surface area contributed by atoms with Crippen LogP contribution in [0, 0.1) is 5.92 Å². The van der Waals surface area contributed by atoms with Gasteiger partial charge in [0.05, 0.1) is 15.2 Å². The Bertz CT molecular complexity index is 497. The summed E-state index contributed by atoms with van der Waals surface area (Å²) in [6, 6.07) is 9.10. The Hall–Kier alpha value is -0.930. The van der Waals surface area contributed by atoms with Crippen molar-refractivity contribution >= 4 is 21.6 Å². The van der Waals surface area contributed by atoms with Crippen molar-refractivity contribution < 1.29 is 0 Å². The molecule has 1 atom stereocenters. The number of fused-ring (bicyclic) bond motifs is 1. The fraction of sp³-hybridized carbons (Fsp3) is 0.562. The summed E-state index contributed by atoms with van der Waals surface area (Å²) >= 11 is 1.86. The first-order valence-electron chi connectivity index (χ1n) is 7.44. The molecule has 1 saturated carbocycles. The first kappa shape index (κ1) is 13.1. The second-order valence-electron chi connectivity index (χ2n) is 5.53. The predicted molar refractivity (Wildman–Crippen MR) is 82.7 cm³/mol. The molecule has 1 aromatic carbocycles. The van der Waals surface area contributed by atoms with Crippen LogP contribution in [0.2, 0.25) is 0 Å². The first-order valence-corrected chi connectivity index (χ1v) is 8.26. The molecule has 2 aromatic rings. The number of nitrogens with zero attached hydrogens (tertiary/aromatic N) is 1. The number of aromatic nitrogens is 1. The molecule has 2 nitrogen and oxygen atoms in total. The van der Waals surface area contributed by atoms with Crippen molar-refractivity contribution in [2.24, 2.45) is 5.92 Å². The maximum Gasteiger partial charge on any atom is 0.0954 e. The van der Waals surface area contributed by atoms with Crippen LogP contribution in [0.25, 0.3) is 10.2 Å². The highest BCUT2D eigenvalue weighted by molar-refractivity contribution is 7.18. The smallest absolute Gasteiger partial charge is 0.0954 e. The van der Waals surface area contributed by atoms with Crippen LogP contribution >= 0.6 is 11.3 Å². The van der Waals surface area contributed by atoms with E-state index in [9.17, 15) is 0 Å². The third-order valence-corrected chi connectivity index (χ3v) is 5.17. The van der Waals surface area contributed by atoms with Crippen LogP contribution in [0.3, 0.4) is 0 Å². The van der Waals surface area contributed by atoms with Crippen molar-refractivity contribution in [3.05, 3.63) is 29.3 Å². The molecule has 19 heavy (non-hydrogen) atoms. The zero-order valence-electron chi connectivity index (χ0n) is 11.6. The van der Waals surface area contributed by atoms with Gasteiger partial charge in [0.1, 0.15) is 0 Å².